The molecule has 1 aliphatic heterocycles. The Labute approximate surface area is 123 Å². The molecule has 1 aromatic carbocycles. The number of piperazine rings is 1. The van der Waals surface area contributed by atoms with Crippen LogP contribution in [0.15, 0.2) is 24.3 Å². The number of hydrogen-bond acceptors (Lipinski definition) is 3. The van der Waals surface area contributed by atoms with Gasteiger partial charge in [0.1, 0.15) is 5.82 Å². The summed E-state index contributed by atoms with van der Waals surface area (Å²) in [7, 11) is 0. The second kappa shape index (κ2) is 7.74. The molecule has 5 nitrogen and oxygen atoms in total. The van der Waals surface area contributed by atoms with Crippen molar-refractivity contribution in [3.63, 3.8) is 0 Å². The van der Waals surface area contributed by atoms with E-state index in [-0.39, 0.29) is 11.5 Å². The van der Waals surface area contributed by atoms with Crippen LogP contribution < -0.4 is 5.32 Å². The molecule has 0 saturated carbocycles. The summed E-state index contributed by atoms with van der Waals surface area (Å²) >= 11 is 0. The number of alkyl halides is 3. The van der Waals surface area contributed by atoms with Crippen molar-refractivity contribution in [1.29, 1.82) is 0 Å². The van der Waals surface area contributed by atoms with Crippen LogP contribution in [-0.2, 0) is 4.79 Å². The second-order valence-corrected chi connectivity index (χ2v) is 4.32. The zero-order chi connectivity index (χ0) is 16.8. The zero-order valence-electron chi connectivity index (χ0n) is 11.4. The van der Waals surface area contributed by atoms with Gasteiger partial charge in [0.15, 0.2) is 0 Å². The SMILES string of the molecule is O=C(O)C(F)(F)F.O=C(c1ccccc1F)N1CCNCC1. The average molecular weight is 322 g/mol. The minimum absolute atomic E-state index is 0.166. The van der Waals surface area contributed by atoms with Gasteiger partial charge in [-0.05, 0) is 12.1 Å². The van der Waals surface area contributed by atoms with Gasteiger partial charge in [0.05, 0.1) is 5.56 Å². The molecule has 1 fully saturated rings. The van der Waals surface area contributed by atoms with Gasteiger partial charge in [0, 0.05) is 26.2 Å². The quantitative estimate of drug-likeness (QED) is 0.769. The third kappa shape index (κ3) is 5.32. The van der Waals surface area contributed by atoms with Crippen molar-refractivity contribution in [3.05, 3.63) is 35.6 Å². The average Bonchev–Trinajstić information content (AvgIpc) is 2.47. The van der Waals surface area contributed by atoms with Gasteiger partial charge < -0.3 is 15.3 Å². The van der Waals surface area contributed by atoms with E-state index in [1.54, 1.807) is 17.0 Å². The van der Waals surface area contributed by atoms with E-state index in [0.717, 1.165) is 13.1 Å². The molecule has 2 rings (SSSR count). The van der Waals surface area contributed by atoms with Crippen LogP contribution in [0.2, 0.25) is 0 Å². The highest BCUT2D eigenvalue weighted by Gasteiger charge is 2.38. The van der Waals surface area contributed by atoms with Crippen molar-refractivity contribution in [1.82, 2.24) is 10.2 Å². The summed E-state index contributed by atoms with van der Waals surface area (Å²) in [6.45, 7) is 2.85. The number of carbonyl (C=O) groups is 2. The lowest BCUT2D eigenvalue weighted by molar-refractivity contribution is -0.192. The number of carboxylic acid groups (broad SMARTS) is 1. The maximum Gasteiger partial charge on any atom is 0.490 e. The summed E-state index contributed by atoms with van der Waals surface area (Å²) in [5, 5.41) is 10.3. The van der Waals surface area contributed by atoms with Crippen molar-refractivity contribution in [2.45, 2.75) is 6.18 Å². The zero-order valence-corrected chi connectivity index (χ0v) is 11.4. The third-order valence-corrected chi connectivity index (χ3v) is 2.75. The number of halogens is 4. The first kappa shape index (κ1) is 17.9. The maximum atomic E-state index is 13.3. The fourth-order valence-electron chi connectivity index (χ4n) is 1.67. The van der Waals surface area contributed by atoms with Gasteiger partial charge >= 0.3 is 12.1 Å². The smallest absolute Gasteiger partial charge is 0.475 e. The van der Waals surface area contributed by atoms with Crippen LogP contribution in [0.3, 0.4) is 0 Å². The summed E-state index contributed by atoms with van der Waals surface area (Å²) in [6, 6.07) is 6.11. The van der Waals surface area contributed by atoms with E-state index in [1.807, 2.05) is 0 Å². The van der Waals surface area contributed by atoms with E-state index in [9.17, 15) is 22.4 Å². The molecule has 122 valence electrons. The molecule has 22 heavy (non-hydrogen) atoms. The predicted molar refractivity (Wildman–Crippen MR) is 68.9 cm³/mol. The van der Waals surface area contributed by atoms with Crippen molar-refractivity contribution in [2.75, 3.05) is 26.2 Å². The fraction of sp³-hybridized carbons (Fsp3) is 0.385. The molecule has 1 aliphatic rings. The van der Waals surface area contributed by atoms with E-state index in [4.69, 9.17) is 9.90 Å². The summed E-state index contributed by atoms with van der Waals surface area (Å²) in [4.78, 5) is 22.5. The Morgan fingerprint density at radius 2 is 1.64 bits per heavy atom. The second-order valence-electron chi connectivity index (χ2n) is 4.32. The highest BCUT2D eigenvalue weighted by atomic mass is 19.4. The molecule has 0 aliphatic carbocycles. The minimum atomic E-state index is -5.08. The van der Waals surface area contributed by atoms with Gasteiger partial charge in [-0.3, -0.25) is 4.79 Å². The molecule has 1 heterocycles. The molecule has 2 N–H and O–H groups in total. The van der Waals surface area contributed by atoms with Crippen LogP contribution in [-0.4, -0.2) is 54.2 Å². The van der Waals surface area contributed by atoms with Crippen LogP contribution in [0.25, 0.3) is 0 Å². The fourth-order valence-corrected chi connectivity index (χ4v) is 1.67. The highest BCUT2D eigenvalue weighted by Crippen LogP contribution is 2.13. The number of benzene rings is 1. The Hall–Kier alpha value is -2.16. The topological polar surface area (TPSA) is 69.6 Å². The van der Waals surface area contributed by atoms with Crippen LogP contribution in [0.4, 0.5) is 17.6 Å². The van der Waals surface area contributed by atoms with E-state index in [2.05, 4.69) is 5.32 Å². The van der Waals surface area contributed by atoms with Gasteiger partial charge in [-0.2, -0.15) is 13.2 Å². The molecule has 0 aromatic heterocycles. The van der Waals surface area contributed by atoms with E-state index in [1.165, 1.54) is 12.1 Å². The molecule has 1 aromatic rings. The molecule has 0 radical (unpaired) electrons. The summed E-state index contributed by atoms with van der Waals surface area (Å²) in [5.74, 6) is -3.41. The molecule has 1 amide bonds. The Morgan fingerprint density at radius 1 is 1.14 bits per heavy atom. The van der Waals surface area contributed by atoms with Gasteiger partial charge in [-0.1, -0.05) is 12.1 Å². The first-order chi connectivity index (χ1) is 10.2. The van der Waals surface area contributed by atoms with E-state index in [0.29, 0.717) is 13.1 Å². The maximum absolute atomic E-state index is 13.3. The lowest BCUT2D eigenvalue weighted by Gasteiger charge is -2.27. The van der Waals surface area contributed by atoms with E-state index < -0.39 is 18.0 Å². The summed E-state index contributed by atoms with van der Waals surface area (Å²) in [5.41, 5.74) is 0.166. The molecular weight excluding hydrogens is 308 g/mol. The van der Waals surface area contributed by atoms with Gasteiger partial charge in [0.25, 0.3) is 5.91 Å². The monoisotopic (exact) mass is 322 g/mol. The number of carbonyl (C=O) groups excluding carboxylic acids is 1. The predicted octanol–water partition coefficient (Wildman–Crippen LogP) is 1.50. The number of aliphatic carboxylic acids is 1. The van der Waals surface area contributed by atoms with Crippen LogP contribution in [0, 0.1) is 5.82 Å². The Kier molecular flexibility index (Phi) is 6.29. The Morgan fingerprint density at radius 3 is 2.09 bits per heavy atom. The van der Waals surface area contributed by atoms with Gasteiger partial charge in [0.2, 0.25) is 0 Å². The van der Waals surface area contributed by atoms with Crippen molar-refractivity contribution in [2.24, 2.45) is 0 Å². The van der Waals surface area contributed by atoms with Crippen LogP contribution in [0.5, 0.6) is 0 Å². The minimum Gasteiger partial charge on any atom is -0.475 e. The number of nitrogens with one attached hydrogen (secondary N) is 1. The largest absolute Gasteiger partial charge is 0.490 e. The Bertz CT molecular complexity index is 528. The third-order valence-electron chi connectivity index (χ3n) is 2.75. The molecule has 0 unspecified atom stereocenters. The first-order valence-corrected chi connectivity index (χ1v) is 6.28. The van der Waals surface area contributed by atoms with E-state index >= 15 is 0 Å². The Balaban J connectivity index is 0.000000295. The lowest BCUT2D eigenvalue weighted by atomic mass is 10.1. The molecular formula is C13H14F4N2O3. The molecule has 0 atom stereocenters. The molecule has 1 saturated heterocycles. The first-order valence-electron chi connectivity index (χ1n) is 6.28. The number of carboxylic acids is 1. The number of rotatable bonds is 1. The summed E-state index contributed by atoms with van der Waals surface area (Å²) < 4.78 is 45.1. The number of amides is 1. The highest BCUT2D eigenvalue weighted by molar-refractivity contribution is 5.94. The van der Waals surface area contributed by atoms with Crippen molar-refractivity contribution >= 4 is 11.9 Å². The molecule has 0 spiro atoms. The summed E-state index contributed by atoms with van der Waals surface area (Å²) in [6.07, 6.45) is -5.08. The normalized spacial score (nSPS) is 14.8. The van der Waals surface area contributed by atoms with Crippen molar-refractivity contribution in [3.8, 4) is 0 Å². The lowest BCUT2D eigenvalue weighted by Crippen LogP contribution is -2.46. The molecule has 0 bridgehead atoms. The number of hydrogen-bond donors (Lipinski definition) is 2. The van der Waals surface area contributed by atoms with Crippen molar-refractivity contribution < 1.29 is 32.3 Å². The van der Waals surface area contributed by atoms with Crippen LogP contribution in [0.1, 0.15) is 10.4 Å². The van der Waals surface area contributed by atoms with Gasteiger partial charge in [-0.25, -0.2) is 9.18 Å². The van der Waals surface area contributed by atoms with Gasteiger partial charge in [-0.15, -0.1) is 0 Å². The van der Waals surface area contributed by atoms with Crippen LogP contribution >= 0.6 is 0 Å². The molecule has 9 heteroatoms. The standard InChI is InChI=1S/C11H13FN2O.C2HF3O2/c12-10-4-2-1-3-9(10)11(15)14-7-5-13-6-8-14;3-2(4,5)1(6)7/h1-4,13H,5-8H2;(H,6,7). The number of nitrogens with zero attached hydrogens (tertiary/aromatic N) is 1.